The second-order valence-electron chi connectivity index (χ2n) is 3.18. The standard InChI is InChI=1S/C8H9F5O/c9-6-4(3-14)1-2-5(7(6)10)8(11,12)13/h2,4,6-7,14H,1,3H2. The summed E-state index contributed by atoms with van der Waals surface area (Å²) in [4.78, 5) is 0. The number of aliphatic hydroxyl groups excluding tert-OH is 1. The normalized spacial score (nSPS) is 34.1. The van der Waals surface area contributed by atoms with Gasteiger partial charge >= 0.3 is 6.18 Å². The lowest BCUT2D eigenvalue weighted by molar-refractivity contribution is -0.109. The van der Waals surface area contributed by atoms with Gasteiger partial charge in [-0.3, -0.25) is 0 Å². The molecule has 0 fully saturated rings. The van der Waals surface area contributed by atoms with E-state index in [1.54, 1.807) is 0 Å². The van der Waals surface area contributed by atoms with Crippen LogP contribution in [0.25, 0.3) is 0 Å². The number of allylic oxidation sites excluding steroid dienone is 2. The molecule has 0 aromatic carbocycles. The molecule has 0 spiro atoms. The molecule has 1 nitrogen and oxygen atoms in total. The lowest BCUT2D eigenvalue weighted by atomic mass is 9.86. The van der Waals surface area contributed by atoms with E-state index < -0.39 is 36.6 Å². The first-order chi connectivity index (χ1) is 6.38. The van der Waals surface area contributed by atoms with Crippen LogP contribution in [0.1, 0.15) is 6.42 Å². The minimum absolute atomic E-state index is 0.285. The van der Waals surface area contributed by atoms with E-state index in [9.17, 15) is 22.0 Å². The zero-order chi connectivity index (χ0) is 10.9. The summed E-state index contributed by atoms with van der Waals surface area (Å²) in [5, 5.41) is 8.55. The van der Waals surface area contributed by atoms with Crippen molar-refractivity contribution in [2.24, 2.45) is 5.92 Å². The monoisotopic (exact) mass is 216 g/mol. The molecule has 3 atom stereocenters. The Labute approximate surface area is 77.2 Å². The Morgan fingerprint density at radius 3 is 2.36 bits per heavy atom. The van der Waals surface area contributed by atoms with Crippen LogP contribution >= 0.6 is 0 Å². The number of rotatable bonds is 1. The quantitative estimate of drug-likeness (QED) is 0.526. The zero-order valence-electron chi connectivity index (χ0n) is 7.06. The summed E-state index contributed by atoms with van der Waals surface area (Å²) in [5.41, 5.74) is -1.48. The fourth-order valence-corrected chi connectivity index (χ4v) is 1.38. The van der Waals surface area contributed by atoms with Gasteiger partial charge in [0, 0.05) is 12.5 Å². The fraction of sp³-hybridized carbons (Fsp3) is 0.750. The van der Waals surface area contributed by atoms with Crippen molar-refractivity contribution in [3.05, 3.63) is 11.6 Å². The van der Waals surface area contributed by atoms with E-state index >= 15 is 0 Å². The van der Waals surface area contributed by atoms with Crippen LogP contribution in [0.2, 0.25) is 0 Å². The van der Waals surface area contributed by atoms with E-state index in [2.05, 4.69) is 0 Å². The summed E-state index contributed by atoms with van der Waals surface area (Å²) < 4.78 is 62.0. The van der Waals surface area contributed by atoms with E-state index in [0.29, 0.717) is 6.08 Å². The lowest BCUT2D eigenvalue weighted by Crippen LogP contribution is -2.38. The highest BCUT2D eigenvalue weighted by Crippen LogP contribution is 2.38. The molecule has 0 radical (unpaired) electrons. The smallest absolute Gasteiger partial charge is 0.396 e. The van der Waals surface area contributed by atoms with Crippen LogP contribution in [0.4, 0.5) is 22.0 Å². The molecular formula is C8H9F5O. The van der Waals surface area contributed by atoms with Gasteiger partial charge in [0.1, 0.15) is 6.17 Å². The predicted octanol–water partition coefficient (Wildman–Crippen LogP) is 2.16. The molecule has 0 heterocycles. The Morgan fingerprint density at radius 2 is 1.93 bits per heavy atom. The van der Waals surface area contributed by atoms with Crippen LogP contribution in [0.15, 0.2) is 11.6 Å². The van der Waals surface area contributed by atoms with Gasteiger partial charge in [-0.15, -0.1) is 0 Å². The summed E-state index contributed by atoms with van der Waals surface area (Å²) in [5.74, 6) is -1.07. The molecule has 0 bridgehead atoms. The van der Waals surface area contributed by atoms with Gasteiger partial charge in [-0.25, -0.2) is 8.78 Å². The average molecular weight is 216 g/mol. The Bertz CT molecular complexity index is 234. The van der Waals surface area contributed by atoms with Gasteiger partial charge < -0.3 is 5.11 Å². The molecule has 1 N–H and O–H groups in total. The van der Waals surface area contributed by atoms with Gasteiger partial charge in [0.2, 0.25) is 0 Å². The van der Waals surface area contributed by atoms with Crippen molar-refractivity contribution in [1.29, 1.82) is 0 Å². The highest BCUT2D eigenvalue weighted by Gasteiger charge is 2.46. The van der Waals surface area contributed by atoms with Crippen molar-refractivity contribution in [3.63, 3.8) is 0 Å². The Balaban J connectivity index is 2.87. The summed E-state index contributed by atoms with van der Waals surface area (Å²) >= 11 is 0. The lowest BCUT2D eigenvalue weighted by Gasteiger charge is -2.28. The Kier molecular flexibility index (Phi) is 3.14. The average Bonchev–Trinajstić information content (AvgIpc) is 2.07. The molecule has 0 saturated heterocycles. The molecule has 0 aromatic rings. The maximum absolute atomic E-state index is 12.9. The van der Waals surface area contributed by atoms with Crippen molar-refractivity contribution in [2.75, 3.05) is 6.61 Å². The van der Waals surface area contributed by atoms with Gasteiger partial charge in [-0.05, 0) is 6.42 Å². The van der Waals surface area contributed by atoms with Crippen LogP contribution in [-0.4, -0.2) is 30.2 Å². The number of hydrogen-bond acceptors (Lipinski definition) is 1. The molecule has 1 aliphatic rings. The number of aliphatic hydroxyl groups is 1. The first kappa shape index (κ1) is 11.4. The third-order valence-corrected chi connectivity index (χ3v) is 2.23. The van der Waals surface area contributed by atoms with Crippen LogP contribution in [-0.2, 0) is 0 Å². The van der Waals surface area contributed by atoms with E-state index in [1.807, 2.05) is 0 Å². The maximum Gasteiger partial charge on any atom is 0.415 e. The fourth-order valence-electron chi connectivity index (χ4n) is 1.38. The molecule has 0 saturated carbocycles. The van der Waals surface area contributed by atoms with Gasteiger partial charge in [0.05, 0.1) is 5.57 Å². The Hall–Kier alpha value is -0.650. The van der Waals surface area contributed by atoms with Gasteiger partial charge in [-0.1, -0.05) is 6.08 Å². The van der Waals surface area contributed by atoms with E-state index in [0.717, 1.165) is 0 Å². The third-order valence-electron chi connectivity index (χ3n) is 2.23. The molecule has 0 aliphatic heterocycles. The summed E-state index contributed by atoms with van der Waals surface area (Å²) in [6.07, 6.45) is -9.46. The summed E-state index contributed by atoms with van der Waals surface area (Å²) in [7, 11) is 0. The molecule has 14 heavy (non-hydrogen) atoms. The topological polar surface area (TPSA) is 20.2 Å². The third kappa shape index (κ3) is 2.05. The van der Waals surface area contributed by atoms with Gasteiger partial charge in [0.25, 0.3) is 0 Å². The molecule has 1 rings (SSSR count). The number of halogens is 5. The predicted molar refractivity (Wildman–Crippen MR) is 39.1 cm³/mol. The first-order valence-corrected chi connectivity index (χ1v) is 4.04. The van der Waals surface area contributed by atoms with Crippen LogP contribution < -0.4 is 0 Å². The minimum atomic E-state index is -4.83. The second-order valence-corrected chi connectivity index (χ2v) is 3.18. The highest BCUT2D eigenvalue weighted by molar-refractivity contribution is 5.20. The second kappa shape index (κ2) is 3.84. The van der Waals surface area contributed by atoms with Gasteiger partial charge in [0.15, 0.2) is 6.17 Å². The molecule has 82 valence electrons. The van der Waals surface area contributed by atoms with Crippen LogP contribution in [0.5, 0.6) is 0 Å². The zero-order valence-corrected chi connectivity index (χ0v) is 7.06. The SMILES string of the molecule is OCC1CC=C(C(F)(F)F)C(F)C1F. The Morgan fingerprint density at radius 1 is 1.36 bits per heavy atom. The number of hydrogen-bond donors (Lipinski definition) is 1. The van der Waals surface area contributed by atoms with Crippen LogP contribution in [0, 0.1) is 5.92 Å². The van der Waals surface area contributed by atoms with Crippen molar-refractivity contribution in [3.8, 4) is 0 Å². The molecular weight excluding hydrogens is 207 g/mol. The first-order valence-electron chi connectivity index (χ1n) is 4.04. The summed E-state index contributed by atoms with van der Waals surface area (Å²) in [6.45, 7) is -0.650. The maximum atomic E-state index is 12.9. The molecule has 0 aromatic heterocycles. The van der Waals surface area contributed by atoms with Gasteiger partial charge in [-0.2, -0.15) is 13.2 Å². The van der Waals surface area contributed by atoms with E-state index in [4.69, 9.17) is 5.11 Å². The molecule has 3 unspecified atom stereocenters. The van der Waals surface area contributed by atoms with Crippen molar-refractivity contribution in [2.45, 2.75) is 24.9 Å². The van der Waals surface area contributed by atoms with Crippen molar-refractivity contribution >= 4 is 0 Å². The molecule has 0 amide bonds. The highest BCUT2D eigenvalue weighted by atomic mass is 19.4. The van der Waals surface area contributed by atoms with E-state index in [1.165, 1.54) is 0 Å². The largest absolute Gasteiger partial charge is 0.415 e. The molecule has 6 heteroatoms. The van der Waals surface area contributed by atoms with Crippen LogP contribution in [0.3, 0.4) is 0 Å². The number of alkyl halides is 5. The molecule has 1 aliphatic carbocycles. The summed E-state index contributed by atoms with van der Waals surface area (Å²) in [6, 6.07) is 0. The van der Waals surface area contributed by atoms with Crippen molar-refractivity contribution < 1.29 is 27.1 Å². The van der Waals surface area contributed by atoms with Crippen molar-refractivity contribution in [1.82, 2.24) is 0 Å². The minimum Gasteiger partial charge on any atom is -0.396 e. The van der Waals surface area contributed by atoms with E-state index in [-0.39, 0.29) is 6.42 Å².